The Morgan fingerprint density at radius 3 is 2.38 bits per heavy atom. The van der Waals surface area contributed by atoms with Gasteiger partial charge in [0, 0.05) is 12.3 Å². The topological polar surface area (TPSA) is 37.8 Å². The van der Waals surface area contributed by atoms with E-state index in [1.807, 2.05) is 0 Å². The lowest BCUT2D eigenvalue weighted by molar-refractivity contribution is 0.678. The number of aromatic nitrogens is 2. The molecule has 16 heavy (non-hydrogen) atoms. The molecule has 1 aromatic carbocycles. The van der Waals surface area contributed by atoms with E-state index < -0.39 is 0 Å². The molecule has 0 atom stereocenters. The van der Waals surface area contributed by atoms with Gasteiger partial charge in [-0.25, -0.2) is 0 Å². The smallest absolute Gasteiger partial charge is 0.264 e. The zero-order valence-corrected chi connectivity index (χ0v) is 9.60. The maximum absolute atomic E-state index is 10.9. The molecule has 0 saturated carbocycles. The Morgan fingerprint density at radius 1 is 1.19 bits per heavy atom. The summed E-state index contributed by atoms with van der Waals surface area (Å²) in [5.41, 5.74) is 2.47. The van der Waals surface area contributed by atoms with Gasteiger partial charge in [0.15, 0.2) is 0 Å². The average molecular weight is 216 g/mol. The maximum Gasteiger partial charge on any atom is 0.264 e. The first-order valence-corrected chi connectivity index (χ1v) is 5.49. The van der Waals surface area contributed by atoms with E-state index in [1.54, 1.807) is 10.9 Å². The fraction of sp³-hybridized carbons (Fsp3) is 0.308. The molecule has 0 aliphatic rings. The van der Waals surface area contributed by atoms with Crippen LogP contribution < -0.4 is 5.56 Å². The van der Waals surface area contributed by atoms with Gasteiger partial charge in [0.25, 0.3) is 5.56 Å². The van der Waals surface area contributed by atoms with Crippen molar-refractivity contribution in [1.29, 1.82) is 0 Å². The summed E-state index contributed by atoms with van der Waals surface area (Å²) in [5, 5.41) is 2.72. The number of nitrogens with one attached hydrogen (secondary N) is 1. The van der Waals surface area contributed by atoms with Crippen LogP contribution in [0.25, 0.3) is 0 Å². The molecule has 2 rings (SSSR count). The fourth-order valence-corrected chi connectivity index (χ4v) is 1.67. The molecular weight excluding hydrogens is 200 g/mol. The molecule has 0 saturated heterocycles. The van der Waals surface area contributed by atoms with E-state index >= 15 is 0 Å². The monoisotopic (exact) mass is 216 g/mol. The second-order valence-corrected chi connectivity index (χ2v) is 4.32. The van der Waals surface area contributed by atoms with Gasteiger partial charge in [-0.3, -0.25) is 14.6 Å². The number of nitrogens with zero attached hydrogens (tertiary/aromatic N) is 1. The molecule has 0 aliphatic heterocycles. The van der Waals surface area contributed by atoms with Crippen molar-refractivity contribution in [3.63, 3.8) is 0 Å². The maximum atomic E-state index is 10.9. The van der Waals surface area contributed by atoms with E-state index in [4.69, 9.17) is 0 Å². The zero-order chi connectivity index (χ0) is 11.5. The van der Waals surface area contributed by atoms with Crippen LogP contribution in [0.15, 0.2) is 41.3 Å². The van der Waals surface area contributed by atoms with Crippen LogP contribution in [0.1, 0.15) is 30.9 Å². The van der Waals surface area contributed by atoms with Crippen molar-refractivity contribution >= 4 is 0 Å². The Balaban J connectivity index is 2.14. The predicted octanol–water partition coefficient (Wildman–Crippen LogP) is 2.35. The Kier molecular flexibility index (Phi) is 2.95. The molecule has 0 aliphatic carbocycles. The molecule has 84 valence electrons. The van der Waals surface area contributed by atoms with E-state index in [0.29, 0.717) is 12.5 Å². The lowest BCUT2D eigenvalue weighted by Gasteiger charge is -2.07. The van der Waals surface area contributed by atoms with Gasteiger partial charge in [0.1, 0.15) is 0 Å². The molecule has 3 nitrogen and oxygen atoms in total. The van der Waals surface area contributed by atoms with Gasteiger partial charge in [-0.15, -0.1) is 0 Å². The van der Waals surface area contributed by atoms with Crippen LogP contribution in [-0.4, -0.2) is 9.78 Å². The second kappa shape index (κ2) is 4.39. The molecule has 2 aromatic rings. The van der Waals surface area contributed by atoms with Gasteiger partial charge < -0.3 is 0 Å². The SMILES string of the molecule is CC(C)c1ccc(Cn2ccc(=O)[nH]2)cc1. The molecule has 1 aromatic heterocycles. The molecule has 0 unspecified atom stereocenters. The Hall–Kier alpha value is -1.77. The third-order valence-corrected chi connectivity index (χ3v) is 2.66. The highest BCUT2D eigenvalue weighted by molar-refractivity contribution is 5.24. The summed E-state index contributed by atoms with van der Waals surface area (Å²) in [5.74, 6) is 0.556. The van der Waals surface area contributed by atoms with Gasteiger partial charge in [-0.2, -0.15) is 0 Å². The summed E-state index contributed by atoms with van der Waals surface area (Å²) < 4.78 is 1.78. The molecule has 3 heteroatoms. The third kappa shape index (κ3) is 2.42. The van der Waals surface area contributed by atoms with Gasteiger partial charge >= 0.3 is 0 Å². The van der Waals surface area contributed by atoms with Crippen LogP contribution in [0.2, 0.25) is 0 Å². The van der Waals surface area contributed by atoms with E-state index in [2.05, 4.69) is 43.2 Å². The zero-order valence-electron chi connectivity index (χ0n) is 9.60. The van der Waals surface area contributed by atoms with Crippen molar-refractivity contribution in [1.82, 2.24) is 9.78 Å². The molecular formula is C13H16N2O. The van der Waals surface area contributed by atoms with E-state index in [-0.39, 0.29) is 5.56 Å². The molecule has 1 heterocycles. The molecule has 0 amide bonds. The van der Waals surface area contributed by atoms with Gasteiger partial charge in [-0.1, -0.05) is 38.1 Å². The van der Waals surface area contributed by atoms with Gasteiger partial charge in [-0.05, 0) is 17.0 Å². The minimum absolute atomic E-state index is 0.0567. The first kappa shape index (κ1) is 10.7. The molecule has 0 fully saturated rings. The van der Waals surface area contributed by atoms with Crippen LogP contribution in [0.3, 0.4) is 0 Å². The van der Waals surface area contributed by atoms with Crippen molar-refractivity contribution in [3.8, 4) is 0 Å². The normalized spacial score (nSPS) is 10.9. The lowest BCUT2D eigenvalue weighted by atomic mass is 10.0. The average Bonchev–Trinajstić information content (AvgIpc) is 2.65. The largest absolute Gasteiger partial charge is 0.288 e. The van der Waals surface area contributed by atoms with Gasteiger partial charge in [0.05, 0.1) is 6.54 Å². The number of benzene rings is 1. The summed E-state index contributed by atoms with van der Waals surface area (Å²) in [6.45, 7) is 5.07. The van der Waals surface area contributed by atoms with Crippen molar-refractivity contribution in [2.45, 2.75) is 26.3 Å². The Morgan fingerprint density at radius 2 is 1.88 bits per heavy atom. The minimum atomic E-state index is -0.0567. The molecule has 0 bridgehead atoms. The van der Waals surface area contributed by atoms with Gasteiger partial charge in [0.2, 0.25) is 0 Å². The van der Waals surface area contributed by atoms with E-state index in [0.717, 1.165) is 0 Å². The first-order valence-electron chi connectivity index (χ1n) is 5.49. The van der Waals surface area contributed by atoms with Crippen LogP contribution >= 0.6 is 0 Å². The summed E-state index contributed by atoms with van der Waals surface area (Å²) >= 11 is 0. The minimum Gasteiger partial charge on any atom is -0.288 e. The van der Waals surface area contributed by atoms with Crippen LogP contribution in [0.4, 0.5) is 0 Å². The molecule has 1 N–H and O–H groups in total. The number of H-pyrrole nitrogens is 1. The van der Waals surface area contributed by atoms with Crippen molar-refractivity contribution in [3.05, 3.63) is 58.0 Å². The Bertz CT molecular complexity index is 505. The number of hydrogen-bond acceptors (Lipinski definition) is 1. The predicted molar refractivity (Wildman–Crippen MR) is 64.7 cm³/mol. The van der Waals surface area contributed by atoms with Crippen LogP contribution in [-0.2, 0) is 6.54 Å². The highest BCUT2D eigenvalue weighted by Gasteiger charge is 1.99. The molecule has 0 spiro atoms. The highest BCUT2D eigenvalue weighted by atomic mass is 16.1. The summed E-state index contributed by atoms with van der Waals surface area (Å²) in [6, 6.07) is 10.0. The molecule has 0 radical (unpaired) electrons. The summed E-state index contributed by atoms with van der Waals surface area (Å²) in [6.07, 6.45) is 1.76. The summed E-state index contributed by atoms with van der Waals surface area (Å²) in [4.78, 5) is 10.9. The quantitative estimate of drug-likeness (QED) is 0.840. The van der Waals surface area contributed by atoms with E-state index in [9.17, 15) is 4.79 Å². The standard InChI is InChI=1S/C13H16N2O/c1-10(2)12-5-3-11(4-6-12)9-15-8-7-13(16)14-15/h3-8,10H,9H2,1-2H3,(H,14,16). The van der Waals surface area contributed by atoms with Crippen LogP contribution in [0, 0.1) is 0 Å². The fourth-order valence-electron chi connectivity index (χ4n) is 1.67. The van der Waals surface area contributed by atoms with Crippen molar-refractivity contribution < 1.29 is 0 Å². The lowest BCUT2D eigenvalue weighted by Crippen LogP contribution is -2.06. The van der Waals surface area contributed by atoms with Crippen molar-refractivity contribution in [2.75, 3.05) is 0 Å². The van der Waals surface area contributed by atoms with Crippen molar-refractivity contribution in [2.24, 2.45) is 0 Å². The number of rotatable bonds is 3. The Labute approximate surface area is 94.7 Å². The van der Waals surface area contributed by atoms with Crippen LogP contribution in [0.5, 0.6) is 0 Å². The first-order chi connectivity index (χ1) is 7.65. The van der Waals surface area contributed by atoms with E-state index in [1.165, 1.54) is 17.2 Å². The number of aromatic amines is 1. The second-order valence-electron chi connectivity index (χ2n) is 4.32. The highest BCUT2D eigenvalue weighted by Crippen LogP contribution is 2.14. The number of hydrogen-bond donors (Lipinski definition) is 1. The third-order valence-electron chi connectivity index (χ3n) is 2.66. The summed E-state index contributed by atoms with van der Waals surface area (Å²) in [7, 11) is 0.